The molecule has 25 heavy (non-hydrogen) atoms. The number of allylic oxidation sites excluding steroid dienone is 3. The van der Waals surface area contributed by atoms with Crippen molar-refractivity contribution in [1.82, 2.24) is 0 Å². The van der Waals surface area contributed by atoms with E-state index in [-0.39, 0.29) is 6.61 Å². The van der Waals surface area contributed by atoms with E-state index in [0.29, 0.717) is 0 Å². The molecule has 0 fully saturated rings. The molecule has 0 radical (unpaired) electrons. The Balaban J connectivity index is 3.27. The third kappa shape index (κ3) is 18.0. The van der Waals surface area contributed by atoms with Crippen LogP contribution in [0.2, 0.25) is 0 Å². The standard InChI is InChI=1S/C22H43NO2/c1-2-3-4-5-6-7-8-9-10-11-12-13-14-15-16-17-18-19-22(25)21(23)20-24/h14-15,18-19,21-22,24-25H,2-13,16-17,20,23H2,1H3/b15-14+,19-18+/t21-,22+/m1/s1. The lowest BCUT2D eigenvalue weighted by Gasteiger charge is -2.11. The summed E-state index contributed by atoms with van der Waals surface area (Å²) in [6, 6.07) is -0.576. The van der Waals surface area contributed by atoms with Crippen LogP contribution in [0.3, 0.4) is 0 Å². The number of aliphatic hydroxyl groups excluding tert-OH is 2. The van der Waals surface area contributed by atoms with Crippen molar-refractivity contribution in [2.75, 3.05) is 6.61 Å². The Bertz CT molecular complexity index is 315. The highest BCUT2D eigenvalue weighted by molar-refractivity contribution is 4.95. The molecule has 0 aromatic carbocycles. The first-order chi connectivity index (χ1) is 12.2. The second kappa shape index (κ2) is 19.7. The molecule has 0 saturated heterocycles. The molecule has 0 amide bonds. The van der Waals surface area contributed by atoms with Gasteiger partial charge >= 0.3 is 0 Å². The average Bonchev–Trinajstić information content (AvgIpc) is 2.63. The summed E-state index contributed by atoms with van der Waals surface area (Å²) in [5.74, 6) is 0. The van der Waals surface area contributed by atoms with Gasteiger partial charge in [0.05, 0.1) is 18.8 Å². The minimum absolute atomic E-state index is 0.190. The molecule has 0 bridgehead atoms. The number of rotatable bonds is 18. The number of aliphatic hydroxyl groups is 2. The molecule has 0 spiro atoms. The van der Waals surface area contributed by atoms with Gasteiger partial charge in [-0.3, -0.25) is 0 Å². The first kappa shape index (κ1) is 24.4. The smallest absolute Gasteiger partial charge is 0.0894 e. The summed E-state index contributed by atoms with van der Waals surface area (Å²) in [7, 11) is 0. The van der Waals surface area contributed by atoms with Crippen molar-refractivity contribution in [2.24, 2.45) is 5.73 Å². The Morgan fingerprint density at radius 1 is 0.720 bits per heavy atom. The van der Waals surface area contributed by atoms with E-state index < -0.39 is 12.1 Å². The zero-order valence-electron chi connectivity index (χ0n) is 16.5. The topological polar surface area (TPSA) is 66.5 Å². The van der Waals surface area contributed by atoms with Gasteiger partial charge in [0.2, 0.25) is 0 Å². The minimum atomic E-state index is -0.745. The summed E-state index contributed by atoms with van der Waals surface area (Å²) in [6.07, 6.45) is 25.8. The van der Waals surface area contributed by atoms with Gasteiger partial charge in [-0.05, 0) is 25.7 Å². The molecule has 0 aliphatic rings. The van der Waals surface area contributed by atoms with E-state index >= 15 is 0 Å². The lowest BCUT2D eigenvalue weighted by atomic mass is 10.1. The van der Waals surface area contributed by atoms with Crippen LogP contribution < -0.4 is 5.73 Å². The second-order valence-corrected chi connectivity index (χ2v) is 7.14. The Morgan fingerprint density at radius 2 is 1.20 bits per heavy atom. The summed E-state index contributed by atoms with van der Waals surface area (Å²) in [5, 5.41) is 18.4. The first-order valence-corrected chi connectivity index (χ1v) is 10.6. The van der Waals surface area contributed by atoms with Crippen LogP contribution in [0.15, 0.2) is 24.3 Å². The molecule has 3 nitrogen and oxygen atoms in total. The summed E-state index contributed by atoms with van der Waals surface area (Å²) in [6.45, 7) is 2.08. The van der Waals surface area contributed by atoms with Crippen molar-refractivity contribution >= 4 is 0 Å². The average molecular weight is 354 g/mol. The molecule has 0 saturated carbocycles. The molecule has 0 rings (SSSR count). The van der Waals surface area contributed by atoms with Gasteiger partial charge in [-0.15, -0.1) is 0 Å². The predicted octanol–water partition coefficient (Wildman–Crippen LogP) is 5.26. The molecule has 0 aromatic heterocycles. The van der Waals surface area contributed by atoms with Crippen molar-refractivity contribution in [1.29, 1.82) is 0 Å². The van der Waals surface area contributed by atoms with Gasteiger partial charge in [-0.25, -0.2) is 0 Å². The molecule has 3 heteroatoms. The fourth-order valence-electron chi connectivity index (χ4n) is 2.84. The Labute approximate surface area is 156 Å². The van der Waals surface area contributed by atoms with E-state index in [1.807, 2.05) is 6.08 Å². The number of hydrogen-bond donors (Lipinski definition) is 3. The quantitative estimate of drug-likeness (QED) is 0.232. The SMILES string of the molecule is CCCCCCCCCCCCC/C=C/CC/C=C/[C@H](O)[C@H](N)CO. The minimum Gasteiger partial charge on any atom is -0.395 e. The fraction of sp³-hybridized carbons (Fsp3) is 0.818. The monoisotopic (exact) mass is 353 g/mol. The number of nitrogens with two attached hydrogens (primary N) is 1. The molecule has 0 aromatic rings. The van der Waals surface area contributed by atoms with Crippen LogP contribution in [-0.2, 0) is 0 Å². The molecular formula is C22H43NO2. The van der Waals surface area contributed by atoms with Crippen molar-refractivity contribution in [3.63, 3.8) is 0 Å². The van der Waals surface area contributed by atoms with Crippen LogP contribution >= 0.6 is 0 Å². The van der Waals surface area contributed by atoms with E-state index in [2.05, 4.69) is 19.1 Å². The fourth-order valence-corrected chi connectivity index (χ4v) is 2.84. The van der Waals surface area contributed by atoms with E-state index in [4.69, 9.17) is 10.8 Å². The molecule has 0 aliphatic carbocycles. The van der Waals surface area contributed by atoms with Gasteiger partial charge in [0.25, 0.3) is 0 Å². The molecule has 0 heterocycles. The highest BCUT2D eigenvalue weighted by Gasteiger charge is 2.08. The maximum absolute atomic E-state index is 9.55. The number of unbranched alkanes of at least 4 members (excludes halogenated alkanes) is 12. The third-order valence-corrected chi connectivity index (χ3v) is 4.62. The van der Waals surface area contributed by atoms with Gasteiger partial charge in [0, 0.05) is 0 Å². The predicted molar refractivity (Wildman–Crippen MR) is 110 cm³/mol. The molecule has 4 N–H and O–H groups in total. The molecule has 148 valence electrons. The van der Waals surface area contributed by atoms with E-state index in [9.17, 15) is 5.11 Å². The van der Waals surface area contributed by atoms with Crippen LogP contribution in [0.5, 0.6) is 0 Å². The highest BCUT2D eigenvalue weighted by Crippen LogP contribution is 2.12. The van der Waals surface area contributed by atoms with Crippen LogP contribution in [0.4, 0.5) is 0 Å². The highest BCUT2D eigenvalue weighted by atomic mass is 16.3. The lowest BCUT2D eigenvalue weighted by Crippen LogP contribution is -2.36. The summed E-state index contributed by atoms with van der Waals surface area (Å²) in [5.41, 5.74) is 5.52. The van der Waals surface area contributed by atoms with Gasteiger partial charge in [-0.2, -0.15) is 0 Å². The van der Waals surface area contributed by atoms with Gasteiger partial charge in [-0.1, -0.05) is 95.4 Å². The second-order valence-electron chi connectivity index (χ2n) is 7.14. The van der Waals surface area contributed by atoms with Crippen LogP contribution in [0.1, 0.15) is 96.8 Å². The van der Waals surface area contributed by atoms with E-state index in [1.165, 1.54) is 77.0 Å². The van der Waals surface area contributed by atoms with Crippen molar-refractivity contribution in [2.45, 2.75) is 109 Å². The molecule has 0 aliphatic heterocycles. The normalized spacial score (nSPS) is 14.6. The molecular weight excluding hydrogens is 310 g/mol. The van der Waals surface area contributed by atoms with Gasteiger partial charge in [0.15, 0.2) is 0 Å². The zero-order valence-corrected chi connectivity index (χ0v) is 16.5. The van der Waals surface area contributed by atoms with Crippen molar-refractivity contribution in [3.05, 3.63) is 24.3 Å². The zero-order chi connectivity index (χ0) is 18.6. The summed E-state index contributed by atoms with van der Waals surface area (Å²) < 4.78 is 0. The van der Waals surface area contributed by atoms with Gasteiger partial charge in [0.1, 0.15) is 0 Å². The molecule has 0 unspecified atom stereocenters. The maximum Gasteiger partial charge on any atom is 0.0894 e. The largest absolute Gasteiger partial charge is 0.395 e. The molecule has 2 atom stereocenters. The Kier molecular flexibility index (Phi) is 19.2. The summed E-state index contributed by atoms with van der Waals surface area (Å²) in [4.78, 5) is 0. The number of hydrogen-bond acceptors (Lipinski definition) is 3. The lowest BCUT2D eigenvalue weighted by molar-refractivity contribution is 0.144. The van der Waals surface area contributed by atoms with Crippen LogP contribution in [-0.4, -0.2) is 29.0 Å². The van der Waals surface area contributed by atoms with E-state index in [0.717, 1.165) is 12.8 Å². The Morgan fingerprint density at radius 3 is 1.76 bits per heavy atom. The summed E-state index contributed by atoms with van der Waals surface area (Å²) >= 11 is 0. The van der Waals surface area contributed by atoms with E-state index in [1.54, 1.807) is 6.08 Å². The Hall–Kier alpha value is -0.640. The van der Waals surface area contributed by atoms with Crippen molar-refractivity contribution < 1.29 is 10.2 Å². The van der Waals surface area contributed by atoms with Crippen LogP contribution in [0.25, 0.3) is 0 Å². The van der Waals surface area contributed by atoms with Gasteiger partial charge < -0.3 is 15.9 Å². The van der Waals surface area contributed by atoms with Crippen LogP contribution in [0, 0.1) is 0 Å². The maximum atomic E-state index is 9.55. The first-order valence-electron chi connectivity index (χ1n) is 10.6. The van der Waals surface area contributed by atoms with Crippen molar-refractivity contribution in [3.8, 4) is 0 Å². The third-order valence-electron chi connectivity index (χ3n) is 4.62.